The molecule has 0 amide bonds. The van der Waals surface area contributed by atoms with Gasteiger partial charge in [-0.05, 0) is 66.6 Å². The zero-order valence-corrected chi connectivity index (χ0v) is 24.1. The molecule has 0 aliphatic carbocycles. The molecule has 0 radical (unpaired) electrons. The maximum atomic E-state index is 15.3. The van der Waals surface area contributed by atoms with Crippen molar-refractivity contribution in [1.82, 2.24) is 0 Å². The maximum absolute atomic E-state index is 15.3. The molecule has 0 bridgehead atoms. The van der Waals surface area contributed by atoms with Gasteiger partial charge in [-0.25, -0.2) is 4.39 Å². The van der Waals surface area contributed by atoms with Crippen molar-refractivity contribution in [2.75, 3.05) is 0 Å². The zero-order valence-electron chi connectivity index (χ0n) is 24.1. The predicted molar refractivity (Wildman–Crippen MR) is 120 cm³/mol. The Kier molecular flexibility index (Phi) is 13.2. The Morgan fingerprint density at radius 3 is 1.08 bits per heavy atom. The number of alkyl halides is 15. The standard InChI is InChI=1S/C26H13BF16O3.2Li/c1-21(46-27(44)45,18-3-2-13(10-19(18)28)22(29,30)31)20(11-4-14(23(32,33)34)8-15(5-11)24(35,36)37)12-6-16(25(38,39)40)9-17(7-12)26(41,42)43;;/h2-10,20H,1H3;;/q-2;2*+1. The third-order valence-electron chi connectivity index (χ3n) is 6.61. The van der Waals surface area contributed by atoms with E-state index in [1.165, 1.54) is 0 Å². The van der Waals surface area contributed by atoms with Gasteiger partial charge in [0, 0.05) is 11.5 Å². The fraction of sp³-hybridized carbons (Fsp3) is 0.308. The van der Waals surface area contributed by atoms with Crippen LogP contribution in [0.4, 0.5) is 70.2 Å². The molecule has 1 atom stereocenters. The molecule has 0 fully saturated rings. The average molecular weight is 702 g/mol. The van der Waals surface area contributed by atoms with Crippen LogP contribution in [0.25, 0.3) is 0 Å². The summed E-state index contributed by atoms with van der Waals surface area (Å²) in [6.07, 6.45) is -28.0. The molecule has 3 nitrogen and oxygen atoms in total. The summed E-state index contributed by atoms with van der Waals surface area (Å²) in [4.78, 5) is 0. The van der Waals surface area contributed by atoms with Crippen LogP contribution in [-0.2, 0) is 41.1 Å². The second kappa shape index (κ2) is 14.5. The zero-order chi connectivity index (χ0) is 35.4. The van der Waals surface area contributed by atoms with Crippen molar-refractivity contribution in [3.8, 4) is 0 Å². The van der Waals surface area contributed by atoms with E-state index in [1.54, 1.807) is 0 Å². The van der Waals surface area contributed by atoms with Gasteiger partial charge in [-0.3, -0.25) is 0 Å². The van der Waals surface area contributed by atoms with E-state index in [2.05, 4.69) is 4.65 Å². The maximum Gasteiger partial charge on any atom is 1.00 e. The smallest absolute Gasteiger partial charge is 0.871 e. The fourth-order valence-electron chi connectivity index (χ4n) is 4.70. The van der Waals surface area contributed by atoms with E-state index in [0.717, 1.165) is 0 Å². The van der Waals surface area contributed by atoms with Gasteiger partial charge in [-0.15, -0.1) is 0 Å². The molecule has 0 aliphatic heterocycles. The number of benzene rings is 3. The Bertz CT molecular complexity index is 1440. The summed E-state index contributed by atoms with van der Waals surface area (Å²) >= 11 is 0. The van der Waals surface area contributed by atoms with Crippen LogP contribution in [0.3, 0.4) is 0 Å². The molecule has 3 rings (SSSR count). The molecular weight excluding hydrogens is 689 g/mol. The molecule has 3 aromatic carbocycles. The second-order valence-corrected chi connectivity index (χ2v) is 9.82. The van der Waals surface area contributed by atoms with Crippen molar-refractivity contribution < 1.29 is 123 Å². The third kappa shape index (κ3) is 9.89. The number of hydrogen-bond donors (Lipinski definition) is 0. The third-order valence-corrected chi connectivity index (χ3v) is 6.61. The molecule has 22 heteroatoms. The number of halogens is 16. The summed E-state index contributed by atoms with van der Waals surface area (Å²) < 4.78 is 224. The quantitative estimate of drug-likeness (QED) is 0.291. The molecule has 0 spiro atoms. The second-order valence-electron chi connectivity index (χ2n) is 9.82. The topological polar surface area (TPSA) is 55.3 Å². The van der Waals surface area contributed by atoms with Crippen LogP contribution in [0.2, 0.25) is 0 Å². The van der Waals surface area contributed by atoms with Crippen molar-refractivity contribution >= 4 is 7.32 Å². The Labute approximate surface area is 283 Å². The molecule has 252 valence electrons. The van der Waals surface area contributed by atoms with Gasteiger partial charge >= 0.3 is 68.6 Å². The summed E-state index contributed by atoms with van der Waals surface area (Å²) in [5, 5.41) is 23.5. The van der Waals surface area contributed by atoms with Crippen molar-refractivity contribution in [2.45, 2.75) is 49.3 Å². The van der Waals surface area contributed by atoms with Gasteiger partial charge in [0.25, 0.3) is 0 Å². The van der Waals surface area contributed by atoms with E-state index < -0.39 is 112 Å². The SMILES string of the molecule is CC(OB([O-])[O-])(c1ccc(C(F)(F)F)cc1F)C(c1cc(C(F)(F)F)cc(C(F)(F)F)c1)c1cc(C(F)(F)F)cc(C(F)(F)F)c1.[Li+].[Li+]. The number of hydrogen-bond acceptors (Lipinski definition) is 3. The minimum atomic E-state index is -5.68. The molecule has 0 aromatic heterocycles. The molecule has 0 N–H and O–H groups in total. The van der Waals surface area contributed by atoms with Gasteiger partial charge in [-0.2, -0.15) is 65.9 Å². The summed E-state index contributed by atoms with van der Waals surface area (Å²) in [6, 6.07) is -1.98. The molecule has 3 aromatic rings. The van der Waals surface area contributed by atoms with E-state index in [1.807, 2.05) is 0 Å². The monoisotopic (exact) mass is 702 g/mol. The van der Waals surface area contributed by atoms with Gasteiger partial charge in [-0.1, -0.05) is 6.07 Å². The van der Waals surface area contributed by atoms with Crippen LogP contribution < -0.4 is 47.8 Å². The molecule has 0 heterocycles. The van der Waals surface area contributed by atoms with Gasteiger partial charge in [0.15, 0.2) is 0 Å². The van der Waals surface area contributed by atoms with Crippen LogP contribution in [0.5, 0.6) is 0 Å². The van der Waals surface area contributed by atoms with E-state index in [4.69, 9.17) is 0 Å². The summed E-state index contributed by atoms with van der Waals surface area (Å²) in [7, 11) is -3.74. The summed E-state index contributed by atoms with van der Waals surface area (Å²) in [5.74, 6) is -5.06. The van der Waals surface area contributed by atoms with E-state index in [-0.39, 0.29) is 80.2 Å². The van der Waals surface area contributed by atoms with Crippen LogP contribution in [0.15, 0.2) is 54.6 Å². The van der Waals surface area contributed by atoms with Crippen molar-refractivity contribution in [1.29, 1.82) is 0 Å². The molecule has 48 heavy (non-hydrogen) atoms. The molecular formula is C26H13BF16Li2O3. The Hall–Kier alpha value is -2.32. The molecule has 0 saturated carbocycles. The fourth-order valence-corrected chi connectivity index (χ4v) is 4.70. The van der Waals surface area contributed by atoms with Crippen molar-refractivity contribution in [2.24, 2.45) is 0 Å². The summed E-state index contributed by atoms with van der Waals surface area (Å²) in [5.41, 5.74) is -18.5. The summed E-state index contributed by atoms with van der Waals surface area (Å²) in [6.45, 7) is 0.313. The van der Waals surface area contributed by atoms with Crippen LogP contribution in [0.1, 0.15) is 57.3 Å². The first-order valence-corrected chi connectivity index (χ1v) is 12.0. The minimum Gasteiger partial charge on any atom is -0.871 e. The Morgan fingerprint density at radius 1 is 0.521 bits per heavy atom. The van der Waals surface area contributed by atoms with Gasteiger partial charge in [0.05, 0.1) is 40.7 Å². The largest absolute Gasteiger partial charge is 1.00 e. The first-order valence-electron chi connectivity index (χ1n) is 12.0. The average Bonchev–Trinajstić information content (AvgIpc) is 2.85. The van der Waals surface area contributed by atoms with Gasteiger partial charge in [0.2, 0.25) is 0 Å². The Balaban J connectivity index is 0.00000576. The van der Waals surface area contributed by atoms with E-state index >= 15 is 4.39 Å². The number of rotatable bonds is 6. The van der Waals surface area contributed by atoms with Crippen molar-refractivity contribution in [3.63, 3.8) is 0 Å². The van der Waals surface area contributed by atoms with Crippen molar-refractivity contribution in [3.05, 3.63) is 105 Å². The molecule has 0 saturated heterocycles. The van der Waals surface area contributed by atoms with Gasteiger partial charge < -0.3 is 14.7 Å². The first kappa shape index (κ1) is 43.7. The van der Waals surface area contributed by atoms with E-state index in [9.17, 15) is 75.9 Å². The normalized spacial score (nSPS) is 14.2. The Morgan fingerprint density at radius 2 is 0.833 bits per heavy atom. The van der Waals surface area contributed by atoms with Crippen LogP contribution >= 0.6 is 0 Å². The first-order chi connectivity index (χ1) is 20.5. The predicted octanol–water partition coefficient (Wildman–Crippen LogP) is 1.70. The minimum absolute atomic E-state index is 0. The van der Waals surface area contributed by atoms with E-state index in [0.29, 0.717) is 6.92 Å². The molecule has 0 aliphatic rings. The van der Waals surface area contributed by atoms with Crippen LogP contribution in [0, 0.1) is 5.82 Å². The molecule has 1 unspecified atom stereocenters. The van der Waals surface area contributed by atoms with Crippen LogP contribution in [-0.4, -0.2) is 7.32 Å². The van der Waals surface area contributed by atoms with Gasteiger partial charge in [0.1, 0.15) is 5.82 Å².